The van der Waals surface area contributed by atoms with Gasteiger partial charge in [0.1, 0.15) is 0 Å². The summed E-state index contributed by atoms with van der Waals surface area (Å²) in [5.74, 6) is 0.0820. The van der Waals surface area contributed by atoms with Crippen molar-refractivity contribution in [2.24, 2.45) is 0 Å². The number of rotatable bonds is 3. The van der Waals surface area contributed by atoms with Gasteiger partial charge in [-0.1, -0.05) is 48.5 Å². The molecule has 1 nitrogen and oxygen atoms in total. The van der Waals surface area contributed by atoms with E-state index >= 15 is 0 Å². The highest BCUT2D eigenvalue weighted by Crippen LogP contribution is 2.23. The Kier molecular flexibility index (Phi) is 3.28. The van der Waals surface area contributed by atoms with Gasteiger partial charge in [0.2, 0.25) is 0 Å². The highest BCUT2D eigenvalue weighted by Gasteiger charge is 2.12. The molecule has 94 valence electrons. The van der Waals surface area contributed by atoms with E-state index in [0.717, 1.165) is 24.0 Å². The van der Waals surface area contributed by atoms with Crippen LogP contribution in [-0.2, 0) is 12.8 Å². The average molecular weight is 248 g/mol. The molecule has 0 atom stereocenters. The van der Waals surface area contributed by atoms with E-state index in [9.17, 15) is 4.79 Å². The molecule has 0 aromatic heterocycles. The van der Waals surface area contributed by atoms with Crippen molar-refractivity contribution < 1.29 is 4.79 Å². The lowest BCUT2D eigenvalue weighted by molar-refractivity contribution is 0.104. The molecule has 0 fully saturated rings. The second kappa shape index (κ2) is 5.23. The van der Waals surface area contributed by atoms with Crippen LogP contribution in [0.1, 0.15) is 33.5 Å². The quantitative estimate of drug-likeness (QED) is 0.591. The lowest BCUT2D eigenvalue weighted by Gasteiger charge is -2.01. The zero-order valence-electron chi connectivity index (χ0n) is 10.8. The molecule has 0 spiro atoms. The third-order valence-corrected chi connectivity index (χ3v) is 3.61. The summed E-state index contributed by atoms with van der Waals surface area (Å²) >= 11 is 0. The van der Waals surface area contributed by atoms with Gasteiger partial charge in [-0.2, -0.15) is 0 Å². The molecule has 0 unspecified atom stereocenters. The summed E-state index contributed by atoms with van der Waals surface area (Å²) in [6.45, 7) is 0. The van der Waals surface area contributed by atoms with Gasteiger partial charge < -0.3 is 0 Å². The molecule has 3 rings (SSSR count). The number of benzene rings is 2. The molecule has 0 saturated heterocycles. The number of fused-ring (bicyclic) bond motifs is 1. The summed E-state index contributed by atoms with van der Waals surface area (Å²) in [6, 6.07) is 16.0. The van der Waals surface area contributed by atoms with Crippen molar-refractivity contribution in [1.29, 1.82) is 0 Å². The van der Waals surface area contributed by atoms with Crippen LogP contribution in [-0.4, -0.2) is 5.78 Å². The number of ketones is 1. The van der Waals surface area contributed by atoms with Gasteiger partial charge in [-0.15, -0.1) is 0 Å². The zero-order valence-corrected chi connectivity index (χ0v) is 10.8. The molecule has 0 radical (unpaired) electrons. The van der Waals surface area contributed by atoms with Gasteiger partial charge in [0.15, 0.2) is 5.78 Å². The van der Waals surface area contributed by atoms with Gasteiger partial charge in [0, 0.05) is 5.56 Å². The predicted octanol–water partition coefficient (Wildman–Crippen LogP) is 4.07. The summed E-state index contributed by atoms with van der Waals surface area (Å²) in [5.41, 5.74) is 4.60. The second-order valence-electron chi connectivity index (χ2n) is 4.95. The monoisotopic (exact) mass is 248 g/mol. The predicted molar refractivity (Wildman–Crippen MR) is 78.3 cm³/mol. The summed E-state index contributed by atoms with van der Waals surface area (Å²) < 4.78 is 0. The van der Waals surface area contributed by atoms with E-state index in [2.05, 4.69) is 12.1 Å². The maximum Gasteiger partial charge on any atom is 0.185 e. The van der Waals surface area contributed by atoms with E-state index in [4.69, 9.17) is 0 Å². The highest BCUT2D eigenvalue weighted by molar-refractivity contribution is 6.07. The van der Waals surface area contributed by atoms with E-state index in [1.54, 1.807) is 6.08 Å². The first-order valence-electron chi connectivity index (χ1n) is 6.72. The Morgan fingerprint density at radius 1 is 0.947 bits per heavy atom. The first-order chi connectivity index (χ1) is 9.33. The summed E-state index contributed by atoms with van der Waals surface area (Å²) in [6.07, 6.45) is 7.01. The molecule has 0 bridgehead atoms. The van der Waals surface area contributed by atoms with Crippen LogP contribution in [0, 0.1) is 0 Å². The van der Waals surface area contributed by atoms with Crippen LogP contribution >= 0.6 is 0 Å². The Hall–Kier alpha value is -2.15. The molecule has 1 heteroatoms. The lowest BCUT2D eigenvalue weighted by atomic mass is 10.0. The molecular weight excluding hydrogens is 232 g/mol. The topological polar surface area (TPSA) is 17.1 Å². The normalized spacial score (nSPS) is 13.7. The van der Waals surface area contributed by atoms with Gasteiger partial charge in [0.05, 0.1) is 0 Å². The highest BCUT2D eigenvalue weighted by atomic mass is 16.1. The van der Waals surface area contributed by atoms with Crippen molar-refractivity contribution in [1.82, 2.24) is 0 Å². The van der Waals surface area contributed by atoms with Crippen LogP contribution in [0.4, 0.5) is 0 Å². The van der Waals surface area contributed by atoms with E-state index in [-0.39, 0.29) is 5.78 Å². The fraction of sp³-hybridized carbons (Fsp3) is 0.167. The second-order valence-corrected chi connectivity index (χ2v) is 4.95. The number of allylic oxidation sites excluding steroid dienone is 1. The van der Waals surface area contributed by atoms with Crippen molar-refractivity contribution in [3.05, 3.63) is 76.9 Å². The minimum atomic E-state index is 0.0820. The van der Waals surface area contributed by atoms with Crippen LogP contribution in [0.3, 0.4) is 0 Å². The first kappa shape index (κ1) is 11.9. The van der Waals surface area contributed by atoms with Crippen LogP contribution in [0.2, 0.25) is 0 Å². The Balaban J connectivity index is 1.79. The molecule has 1 aliphatic carbocycles. The summed E-state index contributed by atoms with van der Waals surface area (Å²) in [4.78, 5) is 12.1. The van der Waals surface area contributed by atoms with Crippen molar-refractivity contribution in [2.45, 2.75) is 19.3 Å². The zero-order chi connectivity index (χ0) is 13.1. The Bertz CT molecular complexity index is 623. The van der Waals surface area contributed by atoms with Crippen LogP contribution in [0.25, 0.3) is 6.08 Å². The Morgan fingerprint density at radius 3 is 2.58 bits per heavy atom. The maximum atomic E-state index is 12.1. The van der Waals surface area contributed by atoms with Gasteiger partial charge in [-0.3, -0.25) is 4.79 Å². The van der Waals surface area contributed by atoms with Crippen molar-refractivity contribution in [3.8, 4) is 0 Å². The number of aryl methyl sites for hydroxylation is 2. The number of hydrogen-bond donors (Lipinski definition) is 0. The molecular formula is C18H16O. The van der Waals surface area contributed by atoms with Crippen LogP contribution in [0.5, 0.6) is 0 Å². The van der Waals surface area contributed by atoms with Crippen LogP contribution in [0.15, 0.2) is 54.6 Å². The van der Waals surface area contributed by atoms with E-state index in [1.807, 2.05) is 42.5 Å². The molecule has 0 aliphatic heterocycles. The molecule has 2 aromatic carbocycles. The standard InChI is InChI=1S/C18H16O/c19-18(12-9-14-5-2-1-3-6-14)17-11-10-15-7-4-8-16(15)13-17/h1-3,5-6,9-13H,4,7-8H2/b12-9+. The van der Waals surface area contributed by atoms with Gasteiger partial charge >= 0.3 is 0 Å². The summed E-state index contributed by atoms with van der Waals surface area (Å²) in [5, 5.41) is 0. The fourth-order valence-corrected chi connectivity index (χ4v) is 2.56. The van der Waals surface area contributed by atoms with Gasteiger partial charge in [-0.05, 0) is 48.1 Å². The largest absolute Gasteiger partial charge is 0.289 e. The molecule has 0 saturated carbocycles. The average Bonchev–Trinajstić information content (AvgIpc) is 2.93. The van der Waals surface area contributed by atoms with Crippen molar-refractivity contribution >= 4 is 11.9 Å². The Labute approximate surface area is 113 Å². The number of hydrogen-bond acceptors (Lipinski definition) is 1. The maximum absolute atomic E-state index is 12.1. The van der Waals surface area contributed by atoms with E-state index in [1.165, 1.54) is 17.5 Å². The Morgan fingerprint density at radius 2 is 1.74 bits per heavy atom. The smallest absolute Gasteiger partial charge is 0.185 e. The van der Waals surface area contributed by atoms with Gasteiger partial charge in [0.25, 0.3) is 0 Å². The number of carbonyl (C=O) groups is 1. The molecule has 0 amide bonds. The SMILES string of the molecule is O=C(/C=C/c1ccccc1)c1ccc2c(c1)CCC2. The van der Waals surface area contributed by atoms with Gasteiger partial charge in [-0.25, -0.2) is 0 Å². The third-order valence-electron chi connectivity index (χ3n) is 3.61. The first-order valence-corrected chi connectivity index (χ1v) is 6.72. The number of carbonyl (C=O) groups excluding carboxylic acids is 1. The summed E-state index contributed by atoms with van der Waals surface area (Å²) in [7, 11) is 0. The fourth-order valence-electron chi connectivity index (χ4n) is 2.56. The minimum Gasteiger partial charge on any atom is -0.289 e. The van der Waals surface area contributed by atoms with Crippen molar-refractivity contribution in [3.63, 3.8) is 0 Å². The molecule has 0 heterocycles. The molecule has 1 aliphatic rings. The van der Waals surface area contributed by atoms with E-state index in [0.29, 0.717) is 0 Å². The molecule has 2 aromatic rings. The minimum absolute atomic E-state index is 0.0820. The molecule has 0 N–H and O–H groups in total. The van der Waals surface area contributed by atoms with E-state index < -0.39 is 0 Å². The molecule has 19 heavy (non-hydrogen) atoms. The van der Waals surface area contributed by atoms with Crippen LogP contribution < -0.4 is 0 Å². The third kappa shape index (κ3) is 2.65. The van der Waals surface area contributed by atoms with Crippen molar-refractivity contribution in [2.75, 3.05) is 0 Å². The lowest BCUT2D eigenvalue weighted by Crippen LogP contribution is -1.96.